The molecule has 2 heteroatoms. The first kappa shape index (κ1) is 10.8. The largest absolute Gasteiger partial charge is 0.369 e. The number of rotatable bonds is 1. The van der Waals surface area contributed by atoms with Crippen LogP contribution in [0.25, 0.3) is 0 Å². The summed E-state index contributed by atoms with van der Waals surface area (Å²) in [6.45, 7) is 8.10. The highest BCUT2D eigenvalue weighted by Gasteiger charge is 2.73. The lowest BCUT2D eigenvalue weighted by molar-refractivity contribution is 0.132. The first-order valence-electron chi connectivity index (χ1n) is 7.40. The fourth-order valence-electron chi connectivity index (χ4n) is 5.00. The lowest BCUT2D eigenvalue weighted by Crippen LogP contribution is -2.34. The molecule has 2 saturated heterocycles. The highest BCUT2D eigenvalue weighted by molar-refractivity contribution is 5.21. The van der Waals surface area contributed by atoms with E-state index < -0.39 is 0 Å². The average molecular weight is 236 g/mol. The molecule has 0 aromatic heterocycles. The van der Waals surface area contributed by atoms with Gasteiger partial charge in [-0.05, 0) is 50.4 Å². The number of hydrogen-bond acceptors (Lipinski definition) is 2. The molecule has 0 bridgehead atoms. The molecule has 17 heavy (non-hydrogen) atoms. The molecule has 0 unspecified atom stereocenters. The molecule has 4 rings (SSSR count). The van der Waals surface area contributed by atoms with E-state index in [1.807, 2.05) is 0 Å². The lowest BCUT2D eigenvalue weighted by atomic mass is 9.78. The Morgan fingerprint density at radius 2 is 1.71 bits per heavy atom. The molecule has 2 aliphatic carbocycles. The van der Waals surface area contributed by atoms with Crippen molar-refractivity contribution in [2.24, 2.45) is 23.7 Å². The van der Waals surface area contributed by atoms with Gasteiger partial charge in [0.05, 0.1) is 18.3 Å². The van der Waals surface area contributed by atoms with E-state index in [9.17, 15) is 0 Å². The Morgan fingerprint density at radius 3 is 2.41 bits per heavy atom. The van der Waals surface area contributed by atoms with Gasteiger partial charge in [-0.25, -0.2) is 0 Å². The third-order valence-corrected chi connectivity index (χ3v) is 6.35. The molecular formula is C15H24O2. The first-order valence-corrected chi connectivity index (χ1v) is 7.40. The quantitative estimate of drug-likeness (QED) is 0.654. The SMILES string of the molecule is C[C@@H]1CC[C@@H]([C@@]2(C)CO2)[C@@H]2O[C@@]23[C@H](C)CC[C@H]13. The molecule has 4 fully saturated rings. The smallest absolute Gasteiger partial charge is 0.101 e. The van der Waals surface area contributed by atoms with E-state index in [4.69, 9.17) is 9.47 Å². The van der Waals surface area contributed by atoms with Gasteiger partial charge >= 0.3 is 0 Å². The van der Waals surface area contributed by atoms with Crippen LogP contribution in [0.3, 0.4) is 0 Å². The fraction of sp³-hybridized carbons (Fsp3) is 1.00. The van der Waals surface area contributed by atoms with Gasteiger partial charge in [-0.3, -0.25) is 0 Å². The van der Waals surface area contributed by atoms with Crippen molar-refractivity contribution in [1.82, 2.24) is 0 Å². The van der Waals surface area contributed by atoms with Crippen molar-refractivity contribution in [2.75, 3.05) is 6.61 Å². The topological polar surface area (TPSA) is 25.1 Å². The van der Waals surface area contributed by atoms with E-state index in [1.54, 1.807) is 0 Å². The van der Waals surface area contributed by atoms with Gasteiger partial charge in [-0.1, -0.05) is 13.8 Å². The molecule has 96 valence electrons. The van der Waals surface area contributed by atoms with Gasteiger partial charge in [-0.15, -0.1) is 0 Å². The summed E-state index contributed by atoms with van der Waals surface area (Å²) in [5.74, 6) is 3.10. The van der Waals surface area contributed by atoms with Crippen LogP contribution in [0.15, 0.2) is 0 Å². The average Bonchev–Trinajstić information content (AvgIpc) is 3.14. The molecule has 4 aliphatic rings. The standard InChI is InChI=1S/C15H24O2/c1-9-4-6-12(14(3)8-16-14)13-15(17-13)10(2)5-7-11(9)15/h9-13H,4-8H2,1-3H3/t9-,10-,11-,12-,13+,14-,15-/m1/s1. The maximum absolute atomic E-state index is 6.35. The van der Waals surface area contributed by atoms with E-state index in [-0.39, 0.29) is 11.2 Å². The minimum Gasteiger partial charge on any atom is -0.369 e. The van der Waals surface area contributed by atoms with Crippen LogP contribution in [0.5, 0.6) is 0 Å². The number of hydrogen-bond donors (Lipinski definition) is 0. The lowest BCUT2D eigenvalue weighted by Gasteiger charge is -2.23. The van der Waals surface area contributed by atoms with Crippen LogP contribution < -0.4 is 0 Å². The van der Waals surface area contributed by atoms with E-state index in [2.05, 4.69) is 20.8 Å². The van der Waals surface area contributed by atoms with Crippen LogP contribution in [0.1, 0.15) is 46.5 Å². The molecule has 2 aliphatic heterocycles. The van der Waals surface area contributed by atoms with Crippen molar-refractivity contribution < 1.29 is 9.47 Å². The van der Waals surface area contributed by atoms with Crippen molar-refractivity contribution in [3.05, 3.63) is 0 Å². The van der Waals surface area contributed by atoms with Crippen molar-refractivity contribution in [3.8, 4) is 0 Å². The number of ether oxygens (including phenoxy) is 2. The highest BCUT2D eigenvalue weighted by atomic mass is 16.6. The molecule has 2 heterocycles. The van der Waals surface area contributed by atoms with Gasteiger partial charge in [0.2, 0.25) is 0 Å². The van der Waals surface area contributed by atoms with E-state index in [0.717, 1.165) is 24.4 Å². The zero-order valence-corrected chi connectivity index (χ0v) is 11.2. The summed E-state index contributed by atoms with van der Waals surface area (Å²) >= 11 is 0. The Balaban J connectivity index is 1.68. The molecule has 0 amide bonds. The Labute approximate surface area is 104 Å². The Kier molecular flexibility index (Phi) is 1.96. The molecule has 7 atom stereocenters. The van der Waals surface area contributed by atoms with Crippen molar-refractivity contribution >= 4 is 0 Å². The van der Waals surface area contributed by atoms with Gasteiger partial charge in [0.1, 0.15) is 5.60 Å². The second-order valence-corrected chi connectivity index (χ2v) is 7.24. The van der Waals surface area contributed by atoms with Crippen molar-refractivity contribution in [1.29, 1.82) is 0 Å². The zero-order chi connectivity index (χ0) is 11.8. The van der Waals surface area contributed by atoms with Crippen LogP contribution in [-0.2, 0) is 9.47 Å². The summed E-state index contributed by atoms with van der Waals surface area (Å²) < 4.78 is 12.1. The van der Waals surface area contributed by atoms with Crippen LogP contribution in [0.4, 0.5) is 0 Å². The molecule has 1 spiro atoms. The maximum Gasteiger partial charge on any atom is 0.101 e. The van der Waals surface area contributed by atoms with Crippen LogP contribution in [0.2, 0.25) is 0 Å². The summed E-state index contributed by atoms with van der Waals surface area (Å²) in [6.07, 6.45) is 5.97. The summed E-state index contributed by atoms with van der Waals surface area (Å²) in [5, 5.41) is 0. The van der Waals surface area contributed by atoms with Gasteiger partial charge in [-0.2, -0.15) is 0 Å². The second-order valence-electron chi connectivity index (χ2n) is 7.24. The monoisotopic (exact) mass is 236 g/mol. The molecule has 0 N–H and O–H groups in total. The second kappa shape index (κ2) is 3.08. The van der Waals surface area contributed by atoms with E-state index in [1.165, 1.54) is 25.7 Å². The summed E-state index contributed by atoms with van der Waals surface area (Å²) in [7, 11) is 0. The Bertz CT molecular complexity index is 349. The fourth-order valence-corrected chi connectivity index (χ4v) is 5.00. The maximum atomic E-state index is 6.35. The molecule has 0 aromatic carbocycles. The molecule has 0 radical (unpaired) electrons. The minimum atomic E-state index is 0.158. The predicted molar refractivity (Wildman–Crippen MR) is 65.7 cm³/mol. The zero-order valence-electron chi connectivity index (χ0n) is 11.2. The molecule has 2 saturated carbocycles. The van der Waals surface area contributed by atoms with Crippen LogP contribution >= 0.6 is 0 Å². The van der Waals surface area contributed by atoms with Gasteiger partial charge < -0.3 is 9.47 Å². The molecule has 0 aromatic rings. The normalized spacial score (nSPS) is 64.8. The van der Waals surface area contributed by atoms with Crippen LogP contribution in [-0.4, -0.2) is 23.9 Å². The minimum absolute atomic E-state index is 0.158. The summed E-state index contributed by atoms with van der Waals surface area (Å²) in [4.78, 5) is 0. The third kappa shape index (κ3) is 1.24. The Hall–Kier alpha value is -0.0800. The van der Waals surface area contributed by atoms with Gasteiger partial charge in [0.15, 0.2) is 0 Å². The summed E-state index contributed by atoms with van der Waals surface area (Å²) in [6, 6.07) is 0. The highest BCUT2D eigenvalue weighted by Crippen LogP contribution is 2.66. The van der Waals surface area contributed by atoms with Gasteiger partial charge in [0.25, 0.3) is 0 Å². The van der Waals surface area contributed by atoms with Crippen molar-refractivity contribution in [2.45, 2.75) is 63.8 Å². The van der Waals surface area contributed by atoms with Crippen molar-refractivity contribution in [3.63, 3.8) is 0 Å². The third-order valence-electron chi connectivity index (χ3n) is 6.35. The Morgan fingerprint density at radius 1 is 1.00 bits per heavy atom. The van der Waals surface area contributed by atoms with Gasteiger partial charge in [0, 0.05) is 5.92 Å². The summed E-state index contributed by atoms with van der Waals surface area (Å²) in [5.41, 5.74) is 0.417. The van der Waals surface area contributed by atoms with E-state index >= 15 is 0 Å². The number of epoxide rings is 2. The van der Waals surface area contributed by atoms with E-state index in [0.29, 0.717) is 12.0 Å². The molecule has 2 nitrogen and oxygen atoms in total. The molecular weight excluding hydrogens is 212 g/mol. The first-order chi connectivity index (χ1) is 8.08. The van der Waals surface area contributed by atoms with Crippen LogP contribution in [0, 0.1) is 23.7 Å². The predicted octanol–water partition coefficient (Wildman–Crippen LogP) is 3.01.